The van der Waals surface area contributed by atoms with E-state index in [0.29, 0.717) is 0 Å². The van der Waals surface area contributed by atoms with Crippen LogP contribution in [0.4, 0.5) is 0 Å². The Balaban J connectivity index is 2.04. The molecule has 4 aliphatic rings. The van der Waals surface area contributed by atoms with Gasteiger partial charge in [0.15, 0.2) is 11.5 Å². The molecule has 1 aliphatic heterocycles. The molecule has 0 spiro atoms. The number of cyclic esters (lactones) is 1. The highest BCUT2D eigenvalue weighted by atomic mass is 16.6. The summed E-state index contributed by atoms with van der Waals surface area (Å²) in [5.74, 6) is -6.35. The lowest BCUT2D eigenvalue weighted by molar-refractivity contribution is -0.241. The summed E-state index contributed by atoms with van der Waals surface area (Å²) in [6.45, 7) is 12.8. The zero-order chi connectivity index (χ0) is 26.7. The number of methoxy groups -OCH3 is 1. The number of carbonyl (C=O) groups is 5. The van der Waals surface area contributed by atoms with Crippen LogP contribution in [0, 0.1) is 27.6 Å². The molecule has 9 heteroatoms. The fourth-order valence-corrected chi connectivity index (χ4v) is 7.64. The number of rotatable bonds is 1. The van der Waals surface area contributed by atoms with Gasteiger partial charge in [-0.25, -0.2) is 4.79 Å². The first-order chi connectivity index (χ1) is 15.8. The van der Waals surface area contributed by atoms with Crippen molar-refractivity contribution >= 4 is 29.3 Å². The average molecular weight is 489 g/mol. The fraction of sp³-hybridized carbons (Fsp3) is 0.654. The van der Waals surface area contributed by atoms with Crippen molar-refractivity contribution in [2.75, 3.05) is 7.11 Å². The molecule has 1 saturated heterocycles. The van der Waals surface area contributed by atoms with Gasteiger partial charge in [-0.15, -0.1) is 0 Å². The summed E-state index contributed by atoms with van der Waals surface area (Å²) in [5, 5.41) is 23.7. The van der Waals surface area contributed by atoms with Crippen LogP contribution >= 0.6 is 0 Å². The highest BCUT2D eigenvalue weighted by Gasteiger charge is 2.81. The van der Waals surface area contributed by atoms with Crippen LogP contribution < -0.4 is 0 Å². The lowest BCUT2D eigenvalue weighted by Crippen LogP contribution is -2.78. The number of carbonyl (C=O) groups excluding carboxylic acids is 5. The summed E-state index contributed by atoms with van der Waals surface area (Å²) in [6.07, 6.45) is -0.0608. The number of aliphatic hydroxyl groups excluding tert-OH is 1. The normalized spacial score (nSPS) is 44.8. The summed E-state index contributed by atoms with van der Waals surface area (Å²) in [4.78, 5) is 66.7. The molecule has 0 amide bonds. The van der Waals surface area contributed by atoms with Crippen molar-refractivity contribution in [1.82, 2.24) is 0 Å². The van der Waals surface area contributed by atoms with Gasteiger partial charge in [-0.1, -0.05) is 19.1 Å². The number of fused-ring (bicyclic) bond motifs is 5. The Morgan fingerprint density at radius 2 is 1.66 bits per heavy atom. The Bertz CT molecular complexity index is 1180. The second-order valence-electron chi connectivity index (χ2n) is 11.7. The van der Waals surface area contributed by atoms with E-state index in [0.717, 1.165) is 14.0 Å². The van der Waals surface area contributed by atoms with E-state index in [-0.39, 0.29) is 36.2 Å². The zero-order valence-corrected chi connectivity index (χ0v) is 21.2. The first-order valence-electron chi connectivity index (χ1n) is 11.6. The molecule has 2 saturated carbocycles. The van der Waals surface area contributed by atoms with Gasteiger partial charge in [-0.05, 0) is 53.0 Å². The molecule has 0 bridgehead atoms. The summed E-state index contributed by atoms with van der Waals surface area (Å²) in [7, 11) is 1.06. The number of allylic oxidation sites excluding steroid dienone is 1. The van der Waals surface area contributed by atoms with Gasteiger partial charge in [0.2, 0.25) is 5.78 Å². The van der Waals surface area contributed by atoms with Crippen LogP contribution in [0.5, 0.6) is 0 Å². The van der Waals surface area contributed by atoms with E-state index in [4.69, 9.17) is 9.47 Å². The molecule has 4 rings (SSSR count). The van der Waals surface area contributed by atoms with E-state index in [1.807, 2.05) is 0 Å². The molecule has 190 valence electrons. The molecule has 3 fully saturated rings. The number of esters is 2. The lowest BCUT2D eigenvalue weighted by Gasteiger charge is -2.68. The van der Waals surface area contributed by atoms with Crippen LogP contribution in [0.1, 0.15) is 60.8 Å². The zero-order valence-electron chi connectivity index (χ0n) is 21.2. The highest BCUT2D eigenvalue weighted by molar-refractivity contribution is 6.17. The van der Waals surface area contributed by atoms with Gasteiger partial charge in [-0.2, -0.15) is 0 Å². The number of ketones is 3. The molecule has 9 nitrogen and oxygen atoms in total. The minimum atomic E-state index is -2.27. The van der Waals surface area contributed by atoms with Gasteiger partial charge in [-0.3, -0.25) is 19.2 Å². The summed E-state index contributed by atoms with van der Waals surface area (Å²) < 4.78 is 10.1. The third-order valence-electron chi connectivity index (χ3n) is 9.80. The van der Waals surface area contributed by atoms with Gasteiger partial charge in [0.1, 0.15) is 5.78 Å². The van der Waals surface area contributed by atoms with E-state index in [9.17, 15) is 34.2 Å². The van der Waals surface area contributed by atoms with Gasteiger partial charge >= 0.3 is 11.9 Å². The maximum atomic E-state index is 14.0. The summed E-state index contributed by atoms with van der Waals surface area (Å²) >= 11 is 0. The van der Waals surface area contributed by atoms with Crippen molar-refractivity contribution in [3.63, 3.8) is 0 Å². The maximum absolute atomic E-state index is 14.0. The monoisotopic (exact) mass is 488 g/mol. The SMILES string of the molecule is C=C1C[C@]2(O)[C@@]3(C)CCC(=O)C(C)(C)C3=C(O)C(=O)[C@@]2(C)[C@H]2C(=O)O[C@@](C)(C(=O)OC)C(=O)[C@]12C. The van der Waals surface area contributed by atoms with Crippen molar-refractivity contribution in [1.29, 1.82) is 0 Å². The largest absolute Gasteiger partial charge is 0.504 e. The second kappa shape index (κ2) is 6.69. The molecule has 0 unspecified atom stereocenters. The van der Waals surface area contributed by atoms with Gasteiger partial charge in [0.25, 0.3) is 5.60 Å². The fourth-order valence-electron chi connectivity index (χ4n) is 7.64. The molecular weight excluding hydrogens is 456 g/mol. The Hall–Kier alpha value is -2.81. The highest BCUT2D eigenvalue weighted by Crippen LogP contribution is 2.72. The number of hydrogen-bond donors (Lipinski definition) is 2. The minimum Gasteiger partial charge on any atom is -0.504 e. The number of aliphatic hydroxyl groups is 2. The Morgan fingerprint density at radius 3 is 2.20 bits per heavy atom. The van der Waals surface area contributed by atoms with Crippen LogP contribution in [0.25, 0.3) is 0 Å². The molecule has 2 N–H and O–H groups in total. The Labute approximate surface area is 203 Å². The molecule has 35 heavy (non-hydrogen) atoms. The van der Waals surface area contributed by atoms with Crippen LogP contribution in [-0.4, -0.2) is 57.8 Å². The molecule has 1 heterocycles. The van der Waals surface area contributed by atoms with E-state index >= 15 is 0 Å². The van der Waals surface area contributed by atoms with Crippen molar-refractivity contribution < 1.29 is 43.7 Å². The smallest absolute Gasteiger partial charge is 0.358 e. The average Bonchev–Trinajstić information content (AvgIpc) is 2.76. The first-order valence-corrected chi connectivity index (χ1v) is 11.6. The minimum absolute atomic E-state index is 0.0884. The summed E-state index contributed by atoms with van der Waals surface area (Å²) in [6, 6.07) is 0. The van der Waals surface area contributed by atoms with Crippen molar-refractivity contribution in [3.05, 3.63) is 23.5 Å². The number of ether oxygens (including phenoxy) is 2. The van der Waals surface area contributed by atoms with Crippen molar-refractivity contribution in [2.24, 2.45) is 27.6 Å². The predicted molar refractivity (Wildman–Crippen MR) is 121 cm³/mol. The standard InChI is InChI=1S/C26H32O9/c1-12-11-26(33)22(4)10-9-13(27)21(2,3)15(22)14(28)17(29)24(26,6)16-18(30)35-25(7,20(32)34-8)19(31)23(12,16)5/h16,28,33H,1,9-11H2,2-8H3/t16-,22-,23+,24+,25+,26-/m0/s1. The molecule has 0 aromatic rings. The van der Waals surface area contributed by atoms with Crippen LogP contribution in [-0.2, 0) is 33.4 Å². The molecule has 3 aliphatic carbocycles. The Kier molecular flexibility index (Phi) is 4.83. The van der Waals surface area contributed by atoms with Gasteiger partial charge < -0.3 is 19.7 Å². The third kappa shape index (κ3) is 2.40. The molecule has 0 aromatic carbocycles. The molecule has 6 atom stereocenters. The van der Waals surface area contributed by atoms with Gasteiger partial charge in [0, 0.05) is 17.3 Å². The molecular formula is C26H32O9. The summed E-state index contributed by atoms with van der Waals surface area (Å²) in [5.41, 5.74) is -10.3. The topological polar surface area (TPSA) is 144 Å². The van der Waals surface area contributed by atoms with Gasteiger partial charge in [0.05, 0.1) is 29.5 Å². The van der Waals surface area contributed by atoms with E-state index in [2.05, 4.69) is 6.58 Å². The van der Waals surface area contributed by atoms with Crippen molar-refractivity contribution in [2.45, 2.75) is 72.0 Å². The first kappa shape index (κ1) is 25.3. The maximum Gasteiger partial charge on any atom is 0.358 e. The van der Waals surface area contributed by atoms with Crippen LogP contribution in [0.3, 0.4) is 0 Å². The number of hydrogen-bond acceptors (Lipinski definition) is 9. The quantitative estimate of drug-likeness (QED) is 0.322. The number of Topliss-reactive ketones (excluding diaryl/α,β-unsaturated/α-hetero) is 3. The Morgan fingerprint density at radius 1 is 1.09 bits per heavy atom. The second-order valence-corrected chi connectivity index (χ2v) is 11.7. The molecule has 0 radical (unpaired) electrons. The molecule has 0 aromatic heterocycles. The van der Waals surface area contributed by atoms with Crippen LogP contribution in [0.15, 0.2) is 23.5 Å². The van der Waals surface area contributed by atoms with E-state index in [1.165, 1.54) is 13.8 Å². The van der Waals surface area contributed by atoms with Crippen molar-refractivity contribution in [3.8, 4) is 0 Å². The predicted octanol–water partition coefficient (Wildman–Crippen LogP) is 2.15. The lowest BCUT2D eigenvalue weighted by atomic mass is 9.35. The van der Waals surface area contributed by atoms with E-state index in [1.54, 1.807) is 20.8 Å². The third-order valence-corrected chi connectivity index (χ3v) is 9.80. The van der Waals surface area contributed by atoms with Crippen LogP contribution in [0.2, 0.25) is 0 Å². The van der Waals surface area contributed by atoms with E-state index < -0.39 is 68.0 Å².